The second-order valence-electron chi connectivity index (χ2n) is 6.03. The summed E-state index contributed by atoms with van der Waals surface area (Å²) in [7, 11) is 0. The minimum absolute atomic E-state index is 0.286. The summed E-state index contributed by atoms with van der Waals surface area (Å²) in [4.78, 5) is 16.7. The van der Waals surface area contributed by atoms with Crippen molar-refractivity contribution in [2.75, 3.05) is 26.2 Å². The van der Waals surface area contributed by atoms with Crippen LogP contribution >= 0.6 is 0 Å². The van der Waals surface area contributed by atoms with Crippen LogP contribution in [0.3, 0.4) is 0 Å². The van der Waals surface area contributed by atoms with Gasteiger partial charge in [0.05, 0.1) is 0 Å². The minimum atomic E-state index is 0.286. The van der Waals surface area contributed by atoms with Crippen molar-refractivity contribution in [2.24, 2.45) is 0 Å². The van der Waals surface area contributed by atoms with Crippen LogP contribution in [0.4, 0.5) is 0 Å². The molecule has 110 valence electrons. The molecule has 0 aromatic rings. The smallest absolute Gasteiger partial charge is 0.224 e. The fourth-order valence-electron chi connectivity index (χ4n) is 3.53. The fourth-order valence-corrected chi connectivity index (χ4v) is 3.53. The van der Waals surface area contributed by atoms with Gasteiger partial charge in [0.25, 0.3) is 0 Å². The van der Waals surface area contributed by atoms with Gasteiger partial charge in [-0.1, -0.05) is 0 Å². The number of rotatable bonds is 6. The van der Waals surface area contributed by atoms with Crippen LogP contribution in [0.25, 0.3) is 0 Å². The summed E-state index contributed by atoms with van der Waals surface area (Å²) in [5.74, 6) is 0.331. The SMILES string of the molecule is CC1CCCN1C(=O)CCN1CCCC1CCCO. The van der Waals surface area contributed by atoms with Gasteiger partial charge in [0.1, 0.15) is 0 Å². The molecule has 2 unspecified atom stereocenters. The Balaban J connectivity index is 1.73. The van der Waals surface area contributed by atoms with E-state index in [1.165, 1.54) is 12.8 Å². The van der Waals surface area contributed by atoms with Gasteiger partial charge in [0.15, 0.2) is 0 Å². The first-order valence-electron chi connectivity index (χ1n) is 7.86. The molecule has 1 amide bonds. The number of aliphatic hydroxyl groups excluding tert-OH is 1. The molecule has 0 spiro atoms. The average Bonchev–Trinajstić information content (AvgIpc) is 3.02. The van der Waals surface area contributed by atoms with Crippen LogP contribution < -0.4 is 0 Å². The monoisotopic (exact) mass is 268 g/mol. The molecule has 0 aliphatic carbocycles. The Morgan fingerprint density at radius 2 is 2.05 bits per heavy atom. The summed E-state index contributed by atoms with van der Waals surface area (Å²) in [5, 5.41) is 8.92. The largest absolute Gasteiger partial charge is 0.396 e. The zero-order valence-electron chi connectivity index (χ0n) is 12.2. The third-order valence-electron chi connectivity index (χ3n) is 4.68. The summed E-state index contributed by atoms with van der Waals surface area (Å²) in [6, 6.07) is 1.03. The number of carbonyl (C=O) groups excluding carboxylic acids is 1. The molecule has 19 heavy (non-hydrogen) atoms. The number of hydrogen-bond donors (Lipinski definition) is 1. The summed E-state index contributed by atoms with van der Waals surface area (Å²) in [5.41, 5.74) is 0. The third-order valence-corrected chi connectivity index (χ3v) is 4.68. The fraction of sp³-hybridized carbons (Fsp3) is 0.933. The zero-order chi connectivity index (χ0) is 13.7. The molecule has 2 atom stereocenters. The van der Waals surface area contributed by atoms with Gasteiger partial charge in [-0.15, -0.1) is 0 Å². The summed E-state index contributed by atoms with van der Waals surface area (Å²) in [6.07, 6.45) is 7.42. The van der Waals surface area contributed by atoms with Gasteiger partial charge in [-0.05, 0) is 52.0 Å². The topological polar surface area (TPSA) is 43.8 Å². The predicted molar refractivity (Wildman–Crippen MR) is 75.9 cm³/mol. The van der Waals surface area contributed by atoms with Gasteiger partial charge < -0.3 is 10.0 Å². The van der Waals surface area contributed by atoms with E-state index in [1.54, 1.807) is 0 Å². The molecule has 0 radical (unpaired) electrons. The van der Waals surface area contributed by atoms with Gasteiger partial charge in [-0.3, -0.25) is 9.69 Å². The molecule has 2 fully saturated rings. The van der Waals surface area contributed by atoms with E-state index in [1.807, 2.05) is 0 Å². The van der Waals surface area contributed by atoms with E-state index in [2.05, 4.69) is 16.7 Å². The van der Waals surface area contributed by atoms with Crippen molar-refractivity contribution in [3.63, 3.8) is 0 Å². The van der Waals surface area contributed by atoms with Crippen LogP contribution in [0.2, 0.25) is 0 Å². The van der Waals surface area contributed by atoms with Crippen molar-refractivity contribution in [3.05, 3.63) is 0 Å². The molecule has 2 aliphatic rings. The molecule has 0 bridgehead atoms. The van der Waals surface area contributed by atoms with Crippen molar-refractivity contribution >= 4 is 5.91 Å². The van der Waals surface area contributed by atoms with Crippen LogP contribution in [0, 0.1) is 0 Å². The van der Waals surface area contributed by atoms with E-state index in [4.69, 9.17) is 5.11 Å². The lowest BCUT2D eigenvalue weighted by atomic mass is 10.1. The Labute approximate surface area is 116 Å². The maximum Gasteiger partial charge on any atom is 0.224 e. The lowest BCUT2D eigenvalue weighted by Gasteiger charge is -2.26. The molecular formula is C15H28N2O2. The van der Waals surface area contributed by atoms with Crippen LogP contribution in [0.15, 0.2) is 0 Å². The van der Waals surface area contributed by atoms with E-state index < -0.39 is 0 Å². The Hall–Kier alpha value is -0.610. The Kier molecular flexibility index (Phi) is 5.64. The van der Waals surface area contributed by atoms with Gasteiger partial charge >= 0.3 is 0 Å². The second-order valence-corrected chi connectivity index (χ2v) is 6.03. The summed E-state index contributed by atoms with van der Waals surface area (Å²) >= 11 is 0. The summed E-state index contributed by atoms with van der Waals surface area (Å²) < 4.78 is 0. The van der Waals surface area contributed by atoms with Gasteiger partial charge in [-0.2, -0.15) is 0 Å². The van der Waals surface area contributed by atoms with Gasteiger partial charge in [0.2, 0.25) is 5.91 Å². The molecule has 0 aromatic heterocycles. The van der Waals surface area contributed by atoms with E-state index in [-0.39, 0.29) is 6.61 Å². The molecule has 4 heteroatoms. The quantitative estimate of drug-likeness (QED) is 0.796. The lowest BCUT2D eigenvalue weighted by Crippen LogP contribution is -2.37. The normalized spacial score (nSPS) is 28.2. The van der Waals surface area contributed by atoms with Crippen LogP contribution in [-0.2, 0) is 4.79 Å². The van der Waals surface area contributed by atoms with Crippen LogP contribution in [0.1, 0.15) is 51.9 Å². The van der Waals surface area contributed by atoms with Crippen molar-refractivity contribution < 1.29 is 9.90 Å². The lowest BCUT2D eigenvalue weighted by molar-refractivity contribution is -0.132. The molecular weight excluding hydrogens is 240 g/mol. The van der Waals surface area contributed by atoms with Crippen molar-refractivity contribution in [1.82, 2.24) is 9.80 Å². The maximum atomic E-state index is 12.2. The molecule has 2 heterocycles. The number of carbonyl (C=O) groups is 1. The molecule has 2 aliphatic heterocycles. The Bertz CT molecular complexity index is 296. The maximum absolute atomic E-state index is 12.2. The third kappa shape index (κ3) is 3.93. The van der Waals surface area contributed by atoms with E-state index >= 15 is 0 Å². The van der Waals surface area contributed by atoms with E-state index in [0.717, 1.165) is 45.3 Å². The van der Waals surface area contributed by atoms with Crippen LogP contribution in [0.5, 0.6) is 0 Å². The minimum Gasteiger partial charge on any atom is -0.396 e. The molecule has 2 saturated heterocycles. The highest BCUT2D eigenvalue weighted by molar-refractivity contribution is 5.77. The number of likely N-dealkylation sites (tertiary alicyclic amines) is 2. The first-order valence-corrected chi connectivity index (χ1v) is 7.86. The van der Waals surface area contributed by atoms with E-state index in [0.29, 0.717) is 24.4 Å². The highest BCUT2D eigenvalue weighted by atomic mass is 16.3. The van der Waals surface area contributed by atoms with Crippen molar-refractivity contribution in [1.29, 1.82) is 0 Å². The average molecular weight is 268 g/mol. The summed E-state index contributed by atoms with van der Waals surface area (Å²) in [6.45, 7) is 5.42. The Morgan fingerprint density at radius 3 is 2.74 bits per heavy atom. The molecule has 1 N–H and O–H groups in total. The van der Waals surface area contributed by atoms with Gasteiger partial charge in [-0.25, -0.2) is 0 Å². The molecule has 0 saturated carbocycles. The van der Waals surface area contributed by atoms with Crippen molar-refractivity contribution in [3.8, 4) is 0 Å². The number of nitrogens with zero attached hydrogens (tertiary/aromatic N) is 2. The van der Waals surface area contributed by atoms with Gasteiger partial charge in [0, 0.05) is 38.2 Å². The van der Waals surface area contributed by atoms with E-state index in [9.17, 15) is 4.79 Å². The standard InChI is InChI=1S/C15H28N2O2/c1-13-5-2-10-17(13)15(19)8-11-16-9-3-6-14(16)7-4-12-18/h13-14,18H,2-12H2,1H3. The molecule has 0 aromatic carbocycles. The Morgan fingerprint density at radius 1 is 1.26 bits per heavy atom. The molecule has 4 nitrogen and oxygen atoms in total. The number of hydrogen-bond acceptors (Lipinski definition) is 3. The number of aliphatic hydroxyl groups is 1. The van der Waals surface area contributed by atoms with Crippen LogP contribution in [-0.4, -0.2) is 59.1 Å². The first kappa shape index (κ1) is 14.8. The predicted octanol–water partition coefficient (Wildman–Crippen LogP) is 1.62. The van der Waals surface area contributed by atoms with Crippen molar-refractivity contribution in [2.45, 2.75) is 64.0 Å². The molecule has 2 rings (SSSR count). The first-order chi connectivity index (χ1) is 9.22. The second kappa shape index (κ2) is 7.25. The number of amides is 1. The highest BCUT2D eigenvalue weighted by Gasteiger charge is 2.27. The zero-order valence-corrected chi connectivity index (χ0v) is 12.2. The highest BCUT2D eigenvalue weighted by Crippen LogP contribution is 2.22.